The minimum Gasteiger partial charge on any atom is -0.368 e. The lowest BCUT2D eigenvalue weighted by molar-refractivity contribution is 0.688. The molecule has 0 bridgehead atoms. The smallest absolute Gasteiger partial charge is 0.230 e. The Morgan fingerprint density at radius 3 is 2.56 bits per heavy atom. The molecule has 1 aromatic heterocycles. The first-order chi connectivity index (χ1) is 7.74. The summed E-state index contributed by atoms with van der Waals surface area (Å²) in [5.74, 6) is 1.97. The van der Waals surface area contributed by atoms with E-state index in [-0.39, 0.29) is 11.9 Å². The molecule has 6 nitrogen and oxygen atoms in total. The van der Waals surface area contributed by atoms with Crippen LogP contribution in [0.15, 0.2) is 0 Å². The van der Waals surface area contributed by atoms with Gasteiger partial charge in [0.1, 0.15) is 0 Å². The Labute approximate surface area is 98.6 Å². The van der Waals surface area contributed by atoms with Crippen molar-refractivity contribution in [2.24, 2.45) is 0 Å². The molecule has 1 aliphatic heterocycles. The van der Waals surface area contributed by atoms with Crippen LogP contribution in [0.3, 0.4) is 0 Å². The molecule has 16 heavy (non-hydrogen) atoms. The number of rotatable bonds is 2. The quantitative estimate of drug-likeness (QED) is 0.710. The van der Waals surface area contributed by atoms with Gasteiger partial charge in [-0.1, -0.05) is 12.8 Å². The summed E-state index contributed by atoms with van der Waals surface area (Å²) in [5.41, 5.74) is 11.0. The standard InChI is InChI=1S/C9H16N6S/c10-7-13-8(11)15-9(14-7)12-6-4-2-1-3-5-16-6/h6H,1-5H2,(H5,10,11,12,13,14,15). The molecule has 88 valence electrons. The van der Waals surface area contributed by atoms with E-state index in [1.165, 1.54) is 25.0 Å². The maximum atomic E-state index is 5.51. The van der Waals surface area contributed by atoms with Gasteiger partial charge in [-0.2, -0.15) is 15.0 Å². The van der Waals surface area contributed by atoms with Crippen molar-refractivity contribution in [2.75, 3.05) is 22.5 Å². The molecule has 1 saturated heterocycles. The number of hydrogen-bond acceptors (Lipinski definition) is 7. The zero-order chi connectivity index (χ0) is 11.4. The van der Waals surface area contributed by atoms with Crippen LogP contribution in [-0.4, -0.2) is 26.1 Å². The first-order valence-electron chi connectivity index (χ1n) is 5.39. The van der Waals surface area contributed by atoms with E-state index in [1.807, 2.05) is 11.8 Å². The number of aromatic nitrogens is 3. The summed E-state index contributed by atoms with van der Waals surface area (Å²) in [7, 11) is 0. The number of nitrogens with zero attached hydrogens (tertiary/aromatic N) is 3. The highest BCUT2D eigenvalue weighted by Gasteiger charge is 2.14. The second kappa shape index (κ2) is 5.20. The average molecular weight is 240 g/mol. The summed E-state index contributed by atoms with van der Waals surface area (Å²) in [5, 5.41) is 3.59. The van der Waals surface area contributed by atoms with Gasteiger partial charge >= 0.3 is 0 Å². The molecule has 2 heterocycles. The number of thioether (sulfide) groups is 1. The van der Waals surface area contributed by atoms with Crippen LogP contribution in [-0.2, 0) is 0 Å². The van der Waals surface area contributed by atoms with Gasteiger partial charge < -0.3 is 16.8 Å². The predicted octanol–water partition coefficient (Wildman–Crippen LogP) is 1.08. The third-order valence-electron chi connectivity index (χ3n) is 2.39. The number of nitrogens with one attached hydrogen (secondary N) is 1. The zero-order valence-electron chi connectivity index (χ0n) is 9.02. The second-order valence-electron chi connectivity index (χ2n) is 3.73. The van der Waals surface area contributed by atoms with E-state index in [4.69, 9.17) is 11.5 Å². The van der Waals surface area contributed by atoms with Crippen LogP contribution in [0, 0.1) is 0 Å². The maximum absolute atomic E-state index is 5.51. The van der Waals surface area contributed by atoms with Crippen LogP contribution in [0.5, 0.6) is 0 Å². The number of nitrogens with two attached hydrogens (primary N) is 2. The van der Waals surface area contributed by atoms with Crippen molar-refractivity contribution in [1.82, 2.24) is 15.0 Å². The van der Waals surface area contributed by atoms with Crippen LogP contribution in [0.4, 0.5) is 17.8 Å². The van der Waals surface area contributed by atoms with Gasteiger partial charge in [0.25, 0.3) is 0 Å². The van der Waals surface area contributed by atoms with Gasteiger partial charge in [0.2, 0.25) is 17.8 Å². The van der Waals surface area contributed by atoms with Gasteiger partial charge in [0, 0.05) is 0 Å². The largest absolute Gasteiger partial charge is 0.368 e. The molecule has 0 amide bonds. The zero-order valence-corrected chi connectivity index (χ0v) is 9.83. The molecule has 0 saturated carbocycles. The SMILES string of the molecule is Nc1nc(N)nc(NC2CCCCCS2)n1. The normalized spacial score (nSPS) is 21.4. The Kier molecular flexibility index (Phi) is 3.66. The molecule has 1 aliphatic rings. The number of hydrogen-bond donors (Lipinski definition) is 3. The number of anilines is 3. The first-order valence-corrected chi connectivity index (χ1v) is 6.44. The summed E-state index contributed by atoms with van der Waals surface area (Å²) in [6.07, 6.45) is 4.94. The van der Waals surface area contributed by atoms with Crippen LogP contribution in [0.1, 0.15) is 25.7 Å². The van der Waals surface area contributed by atoms with E-state index in [9.17, 15) is 0 Å². The van der Waals surface area contributed by atoms with E-state index >= 15 is 0 Å². The summed E-state index contributed by atoms with van der Waals surface area (Å²) in [6, 6.07) is 0. The Balaban J connectivity index is 2.01. The molecule has 2 rings (SSSR count). The Bertz CT molecular complexity index is 330. The van der Waals surface area contributed by atoms with Gasteiger partial charge in [0.15, 0.2) is 0 Å². The van der Waals surface area contributed by atoms with Crippen molar-refractivity contribution in [3.05, 3.63) is 0 Å². The minimum absolute atomic E-state index is 0.161. The molecule has 5 N–H and O–H groups in total. The van der Waals surface area contributed by atoms with Crippen molar-refractivity contribution < 1.29 is 0 Å². The predicted molar refractivity (Wildman–Crippen MR) is 67.0 cm³/mol. The molecule has 1 aromatic rings. The molecular formula is C9H16N6S. The Morgan fingerprint density at radius 1 is 1.06 bits per heavy atom. The Morgan fingerprint density at radius 2 is 1.81 bits per heavy atom. The minimum atomic E-state index is 0.161. The van der Waals surface area contributed by atoms with Crippen molar-refractivity contribution in [1.29, 1.82) is 0 Å². The van der Waals surface area contributed by atoms with Crippen molar-refractivity contribution >= 4 is 29.6 Å². The van der Waals surface area contributed by atoms with E-state index in [0.29, 0.717) is 11.3 Å². The first kappa shape index (κ1) is 11.3. The summed E-state index contributed by atoms with van der Waals surface area (Å²) >= 11 is 1.90. The molecule has 1 unspecified atom stereocenters. The van der Waals surface area contributed by atoms with Crippen molar-refractivity contribution in [2.45, 2.75) is 31.1 Å². The molecule has 1 fully saturated rings. The molecule has 0 radical (unpaired) electrons. The van der Waals surface area contributed by atoms with Crippen LogP contribution >= 0.6 is 11.8 Å². The highest BCUT2D eigenvalue weighted by atomic mass is 32.2. The third kappa shape index (κ3) is 3.13. The topological polar surface area (TPSA) is 103 Å². The monoisotopic (exact) mass is 240 g/mol. The lowest BCUT2D eigenvalue weighted by Crippen LogP contribution is -2.18. The fourth-order valence-electron chi connectivity index (χ4n) is 1.65. The van der Waals surface area contributed by atoms with Crippen LogP contribution in [0.25, 0.3) is 0 Å². The van der Waals surface area contributed by atoms with Gasteiger partial charge in [-0.15, -0.1) is 11.8 Å². The van der Waals surface area contributed by atoms with Gasteiger partial charge in [-0.25, -0.2) is 0 Å². The van der Waals surface area contributed by atoms with Crippen molar-refractivity contribution in [3.63, 3.8) is 0 Å². The lowest BCUT2D eigenvalue weighted by atomic mass is 10.2. The van der Waals surface area contributed by atoms with Gasteiger partial charge in [-0.3, -0.25) is 0 Å². The van der Waals surface area contributed by atoms with Gasteiger partial charge in [-0.05, 0) is 18.6 Å². The van der Waals surface area contributed by atoms with Crippen molar-refractivity contribution in [3.8, 4) is 0 Å². The highest BCUT2D eigenvalue weighted by molar-refractivity contribution is 8.00. The lowest BCUT2D eigenvalue weighted by Gasteiger charge is -2.15. The Hall–Kier alpha value is -1.24. The molecule has 0 spiro atoms. The summed E-state index contributed by atoms with van der Waals surface area (Å²) < 4.78 is 0. The molecule has 1 atom stereocenters. The fourth-order valence-corrected chi connectivity index (χ4v) is 2.83. The highest BCUT2D eigenvalue weighted by Crippen LogP contribution is 2.24. The third-order valence-corrected chi connectivity index (χ3v) is 3.67. The molecule has 7 heteroatoms. The summed E-state index contributed by atoms with van der Waals surface area (Å²) in [6.45, 7) is 0. The van der Waals surface area contributed by atoms with E-state index in [1.54, 1.807) is 0 Å². The average Bonchev–Trinajstić information content (AvgIpc) is 2.44. The molecular weight excluding hydrogens is 224 g/mol. The fraction of sp³-hybridized carbons (Fsp3) is 0.667. The van der Waals surface area contributed by atoms with E-state index < -0.39 is 0 Å². The van der Waals surface area contributed by atoms with Crippen LogP contribution in [0.2, 0.25) is 0 Å². The van der Waals surface area contributed by atoms with Crippen LogP contribution < -0.4 is 16.8 Å². The number of nitrogen functional groups attached to an aromatic ring is 2. The summed E-state index contributed by atoms with van der Waals surface area (Å²) in [4.78, 5) is 11.8. The van der Waals surface area contributed by atoms with E-state index in [0.717, 1.165) is 6.42 Å². The molecule has 0 aliphatic carbocycles. The van der Waals surface area contributed by atoms with E-state index in [2.05, 4.69) is 20.3 Å². The second-order valence-corrected chi connectivity index (χ2v) is 5.04. The molecule has 0 aromatic carbocycles. The van der Waals surface area contributed by atoms with Gasteiger partial charge in [0.05, 0.1) is 5.37 Å². The maximum Gasteiger partial charge on any atom is 0.230 e.